The summed E-state index contributed by atoms with van der Waals surface area (Å²) in [5, 5.41) is 2.60. The van der Waals surface area contributed by atoms with Crippen LogP contribution in [0, 0.1) is 11.7 Å². The van der Waals surface area contributed by atoms with Crippen LogP contribution in [0.2, 0.25) is 0 Å². The van der Waals surface area contributed by atoms with Crippen molar-refractivity contribution in [3.63, 3.8) is 0 Å². The lowest BCUT2D eigenvalue weighted by atomic mass is 10.1. The van der Waals surface area contributed by atoms with Gasteiger partial charge in [0.15, 0.2) is 0 Å². The Bertz CT molecular complexity index is 924. The fourth-order valence-electron chi connectivity index (χ4n) is 2.57. The molecule has 0 bridgehead atoms. The summed E-state index contributed by atoms with van der Waals surface area (Å²) in [6.07, 6.45) is 0. The van der Waals surface area contributed by atoms with Gasteiger partial charge in [-0.3, -0.25) is 9.59 Å². The minimum atomic E-state index is -3.68. The number of halogens is 1. The lowest BCUT2D eigenvalue weighted by Crippen LogP contribution is -2.30. The molecule has 0 aromatic heterocycles. The number of carbonyl (C=O) groups excluding carboxylic acids is 2. The van der Waals surface area contributed by atoms with Gasteiger partial charge in [-0.2, -0.15) is 0 Å². The zero-order valence-electron chi connectivity index (χ0n) is 13.3. The van der Waals surface area contributed by atoms with E-state index in [-0.39, 0.29) is 17.0 Å². The number of sulfonamides is 1. The Morgan fingerprint density at radius 3 is 2.24 bits per heavy atom. The molecular weight excluding hydrogens is 347 g/mol. The number of nitrogens with one attached hydrogen (secondary N) is 1. The molecule has 2 amide bonds. The number of rotatable bonds is 3. The molecule has 0 radical (unpaired) electrons. The molecule has 1 heterocycles. The van der Waals surface area contributed by atoms with Crippen LogP contribution in [0.1, 0.15) is 17.3 Å². The SMILES string of the molecule is C[C@H]1CS(=O)(=O)N(c2ccc(C(=O)Nc3ccc(F)cc3)cc2)C1=O. The van der Waals surface area contributed by atoms with Gasteiger partial charge in [-0.05, 0) is 48.5 Å². The summed E-state index contributed by atoms with van der Waals surface area (Å²) < 4.78 is 37.8. The van der Waals surface area contributed by atoms with E-state index in [2.05, 4.69) is 5.32 Å². The van der Waals surface area contributed by atoms with Gasteiger partial charge in [0.05, 0.1) is 17.4 Å². The summed E-state index contributed by atoms with van der Waals surface area (Å²) in [5.74, 6) is -2.14. The topological polar surface area (TPSA) is 83.6 Å². The van der Waals surface area contributed by atoms with Gasteiger partial charge in [-0.15, -0.1) is 0 Å². The van der Waals surface area contributed by atoms with Crippen molar-refractivity contribution < 1.29 is 22.4 Å². The Labute approximate surface area is 144 Å². The third kappa shape index (κ3) is 3.39. The molecule has 130 valence electrons. The molecule has 1 saturated heterocycles. The molecule has 1 fully saturated rings. The second kappa shape index (κ2) is 6.29. The average molecular weight is 362 g/mol. The van der Waals surface area contributed by atoms with Crippen LogP contribution in [0.25, 0.3) is 0 Å². The molecule has 0 spiro atoms. The molecule has 1 aliphatic rings. The minimum Gasteiger partial charge on any atom is -0.322 e. The molecule has 2 aromatic carbocycles. The number of hydrogen-bond acceptors (Lipinski definition) is 4. The smallest absolute Gasteiger partial charge is 0.255 e. The molecule has 2 aromatic rings. The van der Waals surface area contributed by atoms with E-state index in [1.807, 2.05) is 0 Å². The molecule has 1 atom stereocenters. The van der Waals surface area contributed by atoms with Crippen LogP contribution < -0.4 is 9.62 Å². The zero-order valence-corrected chi connectivity index (χ0v) is 14.1. The van der Waals surface area contributed by atoms with E-state index >= 15 is 0 Å². The Kier molecular flexibility index (Phi) is 4.30. The molecule has 1 N–H and O–H groups in total. The van der Waals surface area contributed by atoms with Crippen LogP contribution in [-0.2, 0) is 14.8 Å². The highest BCUT2D eigenvalue weighted by Crippen LogP contribution is 2.28. The summed E-state index contributed by atoms with van der Waals surface area (Å²) in [6.45, 7) is 1.56. The molecule has 25 heavy (non-hydrogen) atoms. The van der Waals surface area contributed by atoms with Crippen LogP contribution in [0.5, 0.6) is 0 Å². The van der Waals surface area contributed by atoms with Crippen LogP contribution in [0.15, 0.2) is 48.5 Å². The summed E-state index contributed by atoms with van der Waals surface area (Å²) in [5.41, 5.74) is 0.916. The van der Waals surface area contributed by atoms with Gasteiger partial charge in [0, 0.05) is 11.3 Å². The first-order valence-electron chi connectivity index (χ1n) is 7.52. The van der Waals surface area contributed by atoms with E-state index in [1.165, 1.54) is 48.5 Å². The van der Waals surface area contributed by atoms with Gasteiger partial charge >= 0.3 is 0 Å². The van der Waals surface area contributed by atoms with Gasteiger partial charge in [0.1, 0.15) is 5.82 Å². The van der Waals surface area contributed by atoms with Crippen LogP contribution in [-0.4, -0.2) is 26.0 Å². The maximum absolute atomic E-state index is 12.9. The van der Waals surface area contributed by atoms with Gasteiger partial charge in [-0.1, -0.05) is 6.92 Å². The Morgan fingerprint density at radius 1 is 1.12 bits per heavy atom. The molecule has 8 heteroatoms. The van der Waals surface area contributed by atoms with Crippen LogP contribution >= 0.6 is 0 Å². The first kappa shape index (κ1) is 17.1. The molecule has 1 aliphatic heterocycles. The normalized spacial score (nSPS) is 19.0. The predicted octanol–water partition coefficient (Wildman–Crippen LogP) is 2.39. The maximum Gasteiger partial charge on any atom is 0.255 e. The maximum atomic E-state index is 12.9. The number of hydrogen-bond donors (Lipinski definition) is 1. The van der Waals surface area contributed by atoms with Crippen molar-refractivity contribution in [1.29, 1.82) is 0 Å². The first-order chi connectivity index (χ1) is 11.8. The number of amides is 2. The number of anilines is 2. The van der Waals surface area contributed by atoms with E-state index < -0.39 is 33.6 Å². The van der Waals surface area contributed by atoms with Crippen molar-refractivity contribution in [2.45, 2.75) is 6.92 Å². The lowest BCUT2D eigenvalue weighted by Gasteiger charge is -2.15. The zero-order chi connectivity index (χ0) is 18.2. The van der Waals surface area contributed by atoms with Gasteiger partial charge < -0.3 is 5.32 Å². The molecular formula is C17H15FN2O4S. The Balaban J connectivity index is 1.79. The van der Waals surface area contributed by atoms with Crippen molar-refractivity contribution in [3.05, 3.63) is 59.9 Å². The lowest BCUT2D eigenvalue weighted by molar-refractivity contribution is -0.119. The number of carbonyl (C=O) groups is 2. The van der Waals surface area contributed by atoms with Gasteiger partial charge in [0.2, 0.25) is 15.9 Å². The molecule has 0 unspecified atom stereocenters. The largest absolute Gasteiger partial charge is 0.322 e. The number of nitrogens with zero attached hydrogens (tertiary/aromatic N) is 1. The van der Waals surface area contributed by atoms with Crippen molar-refractivity contribution in [2.75, 3.05) is 15.4 Å². The van der Waals surface area contributed by atoms with E-state index in [4.69, 9.17) is 0 Å². The molecule has 3 rings (SSSR count). The highest BCUT2D eigenvalue weighted by Gasteiger charge is 2.41. The first-order valence-corrected chi connectivity index (χ1v) is 9.13. The molecule has 0 aliphatic carbocycles. The minimum absolute atomic E-state index is 0.202. The van der Waals surface area contributed by atoms with E-state index in [0.717, 1.165) is 4.31 Å². The fourth-order valence-corrected chi connectivity index (χ4v) is 4.39. The summed E-state index contributed by atoms with van der Waals surface area (Å²) >= 11 is 0. The summed E-state index contributed by atoms with van der Waals surface area (Å²) in [4.78, 5) is 24.2. The number of benzene rings is 2. The highest BCUT2D eigenvalue weighted by molar-refractivity contribution is 7.94. The van der Waals surface area contributed by atoms with E-state index in [0.29, 0.717) is 5.69 Å². The van der Waals surface area contributed by atoms with Crippen LogP contribution in [0.4, 0.5) is 15.8 Å². The second-order valence-corrected chi connectivity index (χ2v) is 7.65. The third-order valence-corrected chi connectivity index (χ3v) is 5.69. The van der Waals surface area contributed by atoms with Crippen molar-refractivity contribution in [1.82, 2.24) is 0 Å². The van der Waals surface area contributed by atoms with Gasteiger partial charge in [-0.25, -0.2) is 17.1 Å². The van der Waals surface area contributed by atoms with Crippen molar-refractivity contribution >= 4 is 33.2 Å². The predicted molar refractivity (Wildman–Crippen MR) is 91.2 cm³/mol. The molecule has 6 nitrogen and oxygen atoms in total. The second-order valence-electron chi connectivity index (χ2n) is 5.79. The monoisotopic (exact) mass is 362 g/mol. The third-order valence-electron chi connectivity index (χ3n) is 3.83. The van der Waals surface area contributed by atoms with Crippen LogP contribution in [0.3, 0.4) is 0 Å². The quantitative estimate of drug-likeness (QED) is 0.909. The Hall–Kier alpha value is -2.74. The summed E-state index contributed by atoms with van der Waals surface area (Å²) in [6, 6.07) is 11.0. The fraction of sp³-hybridized carbons (Fsp3) is 0.176. The van der Waals surface area contributed by atoms with E-state index in [9.17, 15) is 22.4 Å². The van der Waals surface area contributed by atoms with Gasteiger partial charge in [0.25, 0.3) is 5.91 Å². The summed E-state index contributed by atoms with van der Waals surface area (Å²) in [7, 11) is -3.68. The highest BCUT2D eigenvalue weighted by atomic mass is 32.2. The van der Waals surface area contributed by atoms with E-state index in [1.54, 1.807) is 6.92 Å². The Morgan fingerprint density at radius 2 is 1.72 bits per heavy atom. The average Bonchev–Trinajstić information content (AvgIpc) is 2.77. The van der Waals surface area contributed by atoms with Crippen molar-refractivity contribution in [3.8, 4) is 0 Å². The van der Waals surface area contributed by atoms with Crippen molar-refractivity contribution in [2.24, 2.45) is 5.92 Å². The molecule has 0 saturated carbocycles. The standard InChI is InChI=1S/C17H15FN2O4S/c1-11-10-25(23,24)20(17(11)22)15-8-2-12(3-9-15)16(21)19-14-6-4-13(18)5-7-14/h2-9,11H,10H2,1H3,(H,19,21)/t11-/m0/s1.